The Labute approximate surface area is 102 Å². The van der Waals surface area contributed by atoms with E-state index in [4.69, 9.17) is 5.11 Å². The molecule has 1 saturated heterocycles. The maximum absolute atomic E-state index is 12.1. The van der Waals surface area contributed by atoms with Crippen LogP contribution in [0.1, 0.15) is 40.0 Å². The molecule has 2 N–H and O–H groups in total. The van der Waals surface area contributed by atoms with E-state index < -0.39 is 27.8 Å². The highest BCUT2D eigenvalue weighted by Gasteiger charge is 2.36. The first-order chi connectivity index (χ1) is 7.62. The summed E-state index contributed by atoms with van der Waals surface area (Å²) < 4.78 is 27.9. The summed E-state index contributed by atoms with van der Waals surface area (Å²) >= 11 is 0. The van der Waals surface area contributed by atoms with E-state index in [1.165, 1.54) is 4.31 Å². The van der Waals surface area contributed by atoms with Gasteiger partial charge in [-0.2, -0.15) is 17.4 Å². The number of carbonyl (C=O) groups is 1. The lowest BCUT2D eigenvalue weighted by Gasteiger charge is -2.28. The molecule has 1 heterocycles. The van der Waals surface area contributed by atoms with Crippen molar-refractivity contribution in [2.24, 2.45) is 0 Å². The van der Waals surface area contributed by atoms with Crippen molar-refractivity contribution in [1.29, 1.82) is 0 Å². The molecule has 6 nitrogen and oxygen atoms in total. The van der Waals surface area contributed by atoms with E-state index in [0.29, 0.717) is 19.4 Å². The van der Waals surface area contributed by atoms with Crippen LogP contribution in [0.4, 0.5) is 0 Å². The van der Waals surface area contributed by atoms with Crippen LogP contribution in [-0.2, 0) is 15.0 Å². The minimum Gasteiger partial charge on any atom is -0.481 e. The average Bonchev–Trinajstić information content (AvgIpc) is 2.46. The Morgan fingerprint density at radius 1 is 1.47 bits per heavy atom. The predicted molar refractivity (Wildman–Crippen MR) is 63.8 cm³/mol. The summed E-state index contributed by atoms with van der Waals surface area (Å²) in [5.74, 6) is -0.965. The lowest BCUT2D eigenvalue weighted by molar-refractivity contribution is -0.137. The Balaban J connectivity index is 2.80. The lowest BCUT2D eigenvalue weighted by atomic mass is 10.1. The fraction of sp³-hybridized carbons (Fsp3) is 0.900. The summed E-state index contributed by atoms with van der Waals surface area (Å²) in [4.78, 5) is 10.7. The van der Waals surface area contributed by atoms with Crippen molar-refractivity contribution in [1.82, 2.24) is 9.03 Å². The van der Waals surface area contributed by atoms with Gasteiger partial charge < -0.3 is 5.11 Å². The van der Waals surface area contributed by atoms with Crippen molar-refractivity contribution in [2.45, 2.75) is 51.6 Å². The smallest absolute Gasteiger partial charge is 0.304 e. The molecular formula is C10H20N2O4S. The van der Waals surface area contributed by atoms with Gasteiger partial charge in [0.2, 0.25) is 0 Å². The molecular weight excluding hydrogens is 244 g/mol. The molecule has 1 unspecified atom stereocenters. The van der Waals surface area contributed by atoms with Gasteiger partial charge in [-0.05, 0) is 33.6 Å². The number of carboxylic acids is 1. The molecule has 0 spiro atoms. The summed E-state index contributed by atoms with van der Waals surface area (Å²) in [6.45, 7) is 5.66. The largest absolute Gasteiger partial charge is 0.481 e. The zero-order valence-corrected chi connectivity index (χ0v) is 11.2. The maximum Gasteiger partial charge on any atom is 0.304 e. The molecule has 0 saturated carbocycles. The molecule has 1 atom stereocenters. The summed E-state index contributed by atoms with van der Waals surface area (Å²) in [5.41, 5.74) is -0.560. The molecule has 0 aliphatic carbocycles. The SMILES string of the molecule is CC(C)(C)NS(=O)(=O)N1CCCC1CC(=O)O. The van der Waals surface area contributed by atoms with Gasteiger partial charge >= 0.3 is 5.97 Å². The van der Waals surface area contributed by atoms with E-state index in [2.05, 4.69) is 4.72 Å². The van der Waals surface area contributed by atoms with Crippen molar-refractivity contribution in [2.75, 3.05) is 6.54 Å². The van der Waals surface area contributed by atoms with Gasteiger partial charge in [0.15, 0.2) is 0 Å². The van der Waals surface area contributed by atoms with Crippen LogP contribution >= 0.6 is 0 Å². The fourth-order valence-electron chi connectivity index (χ4n) is 1.98. The molecule has 0 amide bonds. The van der Waals surface area contributed by atoms with Crippen LogP contribution in [0, 0.1) is 0 Å². The standard InChI is InChI=1S/C10H20N2O4S/c1-10(2,3)11-17(15,16)12-6-4-5-8(12)7-9(13)14/h8,11H,4-7H2,1-3H3,(H,13,14). The normalized spacial score (nSPS) is 22.9. The zero-order valence-electron chi connectivity index (χ0n) is 10.4. The van der Waals surface area contributed by atoms with Gasteiger partial charge in [-0.1, -0.05) is 0 Å². The molecule has 1 fully saturated rings. The Morgan fingerprint density at radius 3 is 2.53 bits per heavy atom. The van der Waals surface area contributed by atoms with Gasteiger partial charge in [-0.3, -0.25) is 4.79 Å². The zero-order chi connectivity index (χ0) is 13.3. The fourth-order valence-corrected chi connectivity index (χ4v) is 3.81. The predicted octanol–water partition coefficient (Wildman–Crippen LogP) is 0.558. The Kier molecular flexibility index (Phi) is 4.16. The van der Waals surface area contributed by atoms with Gasteiger partial charge in [0, 0.05) is 18.1 Å². The van der Waals surface area contributed by atoms with Gasteiger partial charge in [0.05, 0.1) is 6.42 Å². The molecule has 1 aliphatic heterocycles. The van der Waals surface area contributed by atoms with Gasteiger partial charge in [-0.25, -0.2) is 0 Å². The average molecular weight is 264 g/mol. The van der Waals surface area contributed by atoms with E-state index in [0.717, 1.165) is 0 Å². The first kappa shape index (κ1) is 14.4. The van der Waals surface area contributed by atoms with Crippen molar-refractivity contribution in [3.8, 4) is 0 Å². The summed E-state index contributed by atoms with van der Waals surface area (Å²) in [6, 6.07) is -0.424. The number of nitrogens with zero attached hydrogens (tertiary/aromatic N) is 1. The number of rotatable bonds is 4. The minimum atomic E-state index is -3.59. The van der Waals surface area contributed by atoms with Crippen molar-refractivity contribution < 1.29 is 18.3 Å². The van der Waals surface area contributed by atoms with Crippen molar-refractivity contribution in [3.63, 3.8) is 0 Å². The maximum atomic E-state index is 12.1. The molecule has 0 aromatic rings. The second-order valence-electron chi connectivity index (χ2n) is 5.36. The van der Waals surface area contributed by atoms with E-state index in [1.807, 2.05) is 0 Å². The van der Waals surface area contributed by atoms with Crippen molar-refractivity contribution in [3.05, 3.63) is 0 Å². The highest BCUT2D eigenvalue weighted by Crippen LogP contribution is 2.23. The second-order valence-corrected chi connectivity index (χ2v) is 6.99. The third-order valence-corrected chi connectivity index (χ3v) is 4.45. The quantitative estimate of drug-likeness (QED) is 0.776. The number of carboxylic acid groups (broad SMARTS) is 1. The summed E-state index contributed by atoms with van der Waals surface area (Å²) in [5, 5.41) is 8.75. The Hall–Kier alpha value is -0.660. The van der Waals surface area contributed by atoms with Crippen molar-refractivity contribution >= 4 is 16.2 Å². The van der Waals surface area contributed by atoms with Gasteiger partial charge in [-0.15, -0.1) is 0 Å². The number of hydrogen-bond donors (Lipinski definition) is 2. The molecule has 0 aromatic carbocycles. The molecule has 1 rings (SSSR count). The van der Waals surface area contributed by atoms with Crippen LogP contribution < -0.4 is 4.72 Å². The van der Waals surface area contributed by atoms with E-state index in [9.17, 15) is 13.2 Å². The molecule has 100 valence electrons. The molecule has 0 bridgehead atoms. The first-order valence-electron chi connectivity index (χ1n) is 5.64. The molecule has 1 aliphatic rings. The number of aliphatic carboxylic acids is 1. The van der Waals surface area contributed by atoms with Crippen LogP contribution in [-0.4, -0.2) is 41.9 Å². The van der Waals surface area contributed by atoms with E-state index in [-0.39, 0.29) is 6.42 Å². The van der Waals surface area contributed by atoms with Gasteiger partial charge in [0.25, 0.3) is 10.2 Å². The van der Waals surface area contributed by atoms with Crippen LogP contribution in [0.15, 0.2) is 0 Å². The summed E-state index contributed by atoms with van der Waals surface area (Å²) in [7, 11) is -3.59. The highest BCUT2D eigenvalue weighted by atomic mass is 32.2. The lowest BCUT2D eigenvalue weighted by Crippen LogP contribution is -2.50. The van der Waals surface area contributed by atoms with Crippen LogP contribution in [0.5, 0.6) is 0 Å². The molecule has 0 radical (unpaired) electrons. The minimum absolute atomic E-state index is 0.134. The number of nitrogens with one attached hydrogen (secondary N) is 1. The first-order valence-corrected chi connectivity index (χ1v) is 7.08. The summed E-state index contributed by atoms with van der Waals surface area (Å²) in [6.07, 6.45) is 1.19. The van der Waals surface area contributed by atoms with Crippen LogP contribution in [0.25, 0.3) is 0 Å². The third-order valence-electron chi connectivity index (χ3n) is 2.48. The second kappa shape index (κ2) is 4.91. The van der Waals surface area contributed by atoms with Gasteiger partial charge in [0.1, 0.15) is 0 Å². The van der Waals surface area contributed by atoms with Crippen LogP contribution in [0.2, 0.25) is 0 Å². The third kappa shape index (κ3) is 4.25. The molecule has 17 heavy (non-hydrogen) atoms. The topological polar surface area (TPSA) is 86.7 Å². The van der Waals surface area contributed by atoms with Crippen LogP contribution in [0.3, 0.4) is 0 Å². The Bertz CT molecular complexity index is 386. The Morgan fingerprint density at radius 2 is 2.06 bits per heavy atom. The molecule has 7 heteroatoms. The molecule has 0 aromatic heterocycles. The number of hydrogen-bond acceptors (Lipinski definition) is 3. The van der Waals surface area contributed by atoms with E-state index in [1.54, 1.807) is 20.8 Å². The monoisotopic (exact) mass is 264 g/mol. The highest BCUT2D eigenvalue weighted by molar-refractivity contribution is 7.87. The van der Waals surface area contributed by atoms with E-state index >= 15 is 0 Å².